The maximum absolute atomic E-state index is 13.9. The molecule has 0 amide bonds. The van der Waals surface area contributed by atoms with Crippen molar-refractivity contribution in [1.82, 2.24) is 14.5 Å². The average Bonchev–Trinajstić information content (AvgIpc) is 3.56. The first-order chi connectivity index (χ1) is 17.5. The molecule has 2 fully saturated rings. The highest BCUT2D eigenvalue weighted by molar-refractivity contribution is 6.04. The number of nitrogens with one attached hydrogen (secondary N) is 1. The fourth-order valence-electron chi connectivity index (χ4n) is 5.78. The molecule has 1 aromatic heterocycles. The molecule has 0 saturated carbocycles. The van der Waals surface area contributed by atoms with Crippen molar-refractivity contribution in [2.45, 2.75) is 19.1 Å². The van der Waals surface area contributed by atoms with Gasteiger partial charge in [0.05, 0.1) is 44.6 Å². The van der Waals surface area contributed by atoms with Crippen LogP contribution in [0.3, 0.4) is 0 Å². The minimum Gasteiger partial charge on any atom is -0.495 e. The summed E-state index contributed by atoms with van der Waals surface area (Å²) in [6.45, 7) is 4.61. The van der Waals surface area contributed by atoms with Crippen LogP contribution < -0.4 is 10.1 Å². The number of hydrogen-bond acceptors (Lipinski definition) is 7. The molecule has 4 aliphatic heterocycles. The molecule has 36 heavy (non-hydrogen) atoms. The second kappa shape index (κ2) is 7.57. The molecule has 0 radical (unpaired) electrons. The van der Waals surface area contributed by atoms with Gasteiger partial charge >= 0.3 is 0 Å². The van der Waals surface area contributed by atoms with Crippen LogP contribution in [0.2, 0.25) is 0 Å². The first kappa shape index (κ1) is 21.4. The first-order valence-electron chi connectivity index (χ1n) is 12.0. The summed E-state index contributed by atoms with van der Waals surface area (Å²) in [5.41, 5.74) is 4.82. The van der Waals surface area contributed by atoms with Crippen molar-refractivity contribution in [2.75, 3.05) is 38.7 Å². The molecule has 2 spiro atoms. The van der Waals surface area contributed by atoms with E-state index in [-0.39, 0.29) is 11.2 Å². The number of amidine groups is 1. The topological polar surface area (TPSA) is 73.1 Å². The molecular formula is C27H26FN5O3. The molecule has 2 aromatic carbocycles. The minimum absolute atomic E-state index is 0.00724. The van der Waals surface area contributed by atoms with E-state index >= 15 is 0 Å². The van der Waals surface area contributed by atoms with Crippen LogP contribution in [-0.2, 0) is 15.3 Å². The lowest BCUT2D eigenvalue weighted by molar-refractivity contribution is -0.158. The zero-order chi connectivity index (χ0) is 24.5. The van der Waals surface area contributed by atoms with E-state index in [0.29, 0.717) is 19.8 Å². The number of oxime groups is 1. The Morgan fingerprint density at radius 3 is 2.83 bits per heavy atom. The number of anilines is 1. The molecule has 1 atom stereocenters. The van der Waals surface area contributed by atoms with Gasteiger partial charge in [-0.1, -0.05) is 11.2 Å². The Morgan fingerprint density at radius 2 is 2.08 bits per heavy atom. The third-order valence-electron chi connectivity index (χ3n) is 7.59. The summed E-state index contributed by atoms with van der Waals surface area (Å²) in [4.78, 5) is 12.7. The van der Waals surface area contributed by atoms with Crippen LogP contribution >= 0.6 is 0 Å². The number of piperidine rings is 1. The third kappa shape index (κ3) is 3.08. The summed E-state index contributed by atoms with van der Waals surface area (Å²) in [6, 6.07) is 10.9. The Bertz CT molecular complexity index is 1440. The number of benzene rings is 2. The second-order valence-corrected chi connectivity index (χ2v) is 10.1. The van der Waals surface area contributed by atoms with Crippen LogP contribution in [0.25, 0.3) is 11.8 Å². The number of ether oxygens (including phenoxy) is 2. The summed E-state index contributed by atoms with van der Waals surface area (Å²) >= 11 is 0. The Kier molecular flexibility index (Phi) is 4.51. The number of fused-ring (bicyclic) bond motifs is 4. The van der Waals surface area contributed by atoms with Gasteiger partial charge < -0.3 is 29.1 Å². The van der Waals surface area contributed by atoms with Crippen molar-refractivity contribution in [2.24, 2.45) is 10.6 Å². The molecule has 4 aliphatic rings. The van der Waals surface area contributed by atoms with Gasteiger partial charge in [0.1, 0.15) is 11.6 Å². The standard InChI is InChI=1S/C27H26FN5O3/c1-17-11-32(16-30-17)23-6-3-18(8-24(23)34-2)7-19-10-26(14-35-15-26)13-33-25(19)31-36-27(33)12-29-22-9-20(28)4-5-21(22)27/h3-9,11,16,29H,10,12-15H2,1-2H3/b19-7+. The molecule has 5 heterocycles. The van der Waals surface area contributed by atoms with E-state index in [9.17, 15) is 4.39 Å². The summed E-state index contributed by atoms with van der Waals surface area (Å²) < 4.78 is 27.3. The van der Waals surface area contributed by atoms with E-state index in [0.717, 1.165) is 58.3 Å². The number of nitrogens with zero attached hydrogens (tertiary/aromatic N) is 4. The van der Waals surface area contributed by atoms with E-state index < -0.39 is 5.72 Å². The van der Waals surface area contributed by atoms with Gasteiger partial charge in [-0.3, -0.25) is 0 Å². The fourth-order valence-corrected chi connectivity index (χ4v) is 5.78. The van der Waals surface area contributed by atoms with Gasteiger partial charge in [0, 0.05) is 29.4 Å². The summed E-state index contributed by atoms with van der Waals surface area (Å²) in [6.07, 6.45) is 6.76. The van der Waals surface area contributed by atoms with Gasteiger partial charge in [0.15, 0.2) is 5.84 Å². The van der Waals surface area contributed by atoms with Crippen LogP contribution in [-0.4, -0.2) is 53.7 Å². The van der Waals surface area contributed by atoms with Crippen LogP contribution in [0.4, 0.5) is 10.1 Å². The molecule has 1 unspecified atom stereocenters. The summed E-state index contributed by atoms with van der Waals surface area (Å²) in [5, 5.41) is 7.90. The predicted octanol–water partition coefficient (Wildman–Crippen LogP) is 4.06. The van der Waals surface area contributed by atoms with Crippen molar-refractivity contribution < 1.29 is 18.7 Å². The Morgan fingerprint density at radius 1 is 1.19 bits per heavy atom. The maximum Gasteiger partial charge on any atom is 0.256 e. The van der Waals surface area contributed by atoms with Crippen molar-refractivity contribution >= 4 is 17.6 Å². The lowest BCUT2D eigenvalue weighted by Gasteiger charge is -2.50. The van der Waals surface area contributed by atoms with Gasteiger partial charge in [-0.15, -0.1) is 0 Å². The lowest BCUT2D eigenvalue weighted by Crippen LogP contribution is -2.61. The fraction of sp³-hybridized carbons (Fsp3) is 0.333. The predicted molar refractivity (Wildman–Crippen MR) is 132 cm³/mol. The number of hydrogen-bond donors (Lipinski definition) is 1. The summed E-state index contributed by atoms with van der Waals surface area (Å²) in [7, 11) is 1.68. The summed E-state index contributed by atoms with van der Waals surface area (Å²) in [5.74, 6) is 1.30. The van der Waals surface area contributed by atoms with Gasteiger partial charge in [-0.2, -0.15) is 0 Å². The number of methoxy groups -OCH3 is 1. The second-order valence-electron chi connectivity index (χ2n) is 10.1. The Balaban J connectivity index is 1.28. The molecule has 184 valence electrons. The SMILES string of the molecule is COc1cc(/C=C2\CC3(COC3)CN3C2=NOC32CNc3cc(F)ccc32)ccc1-n1cnc(C)c1. The monoisotopic (exact) mass is 487 g/mol. The molecule has 0 bridgehead atoms. The molecule has 1 N–H and O–H groups in total. The minimum atomic E-state index is -0.790. The molecule has 8 nitrogen and oxygen atoms in total. The van der Waals surface area contributed by atoms with Gasteiger partial charge in [-0.05, 0) is 60.9 Å². The number of aryl methyl sites for hydroxylation is 1. The van der Waals surface area contributed by atoms with Crippen molar-refractivity contribution in [1.29, 1.82) is 0 Å². The van der Waals surface area contributed by atoms with Gasteiger partial charge in [-0.25, -0.2) is 9.37 Å². The van der Waals surface area contributed by atoms with Gasteiger partial charge in [0.2, 0.25) is 0 Å². The van der Waals surface area contributed by atoms with E-state index in [1.165, 1.54) is 12.1 Å². The lowest BCUT2D eigenvalue weighted by atomic mass is 9.74. The largest absolute Gasteiger partial charge is 0.495 e. The highest BCUT2D eigenvalue weighted by Crippen LogP contribution is 2.51. The maximum atomic E-state index is 13.9. The zero-order valence-corrected chi connectivity index (χ0v) is 20.1. The molecule has 2 saturated heterocycles. The van der Waals surface area contributed by atoms with Crippen molar-refractivity contribution in [3.05, 3.63) is 77.1 Å². The zero-order valence-electron chi connectivity index (χ0n) is 20.1. The Labute approximate surface area is 208 Å². The molecule has 0 aliphatic carbocycles. The van der Waals surface area contributed by atoms with Crippen LogP contribution in [0.15, 0.2) is 59.7 Å². The van der Waals surface area contributed by atoms with Crippen LogP contribution in [0, 0.1) is 18.2 Å². The third-order valence-corrected chi connectivity index (χ3v) is 7.59. The van der Waals surface area contributed by atoms with Crippen molar-refractivity contribution in [3.8, 4) is 11.4 Å². The van der Waals surface area contributed by atoms with E-state index in [2.05, 4.69) is 32.5 Å². The highest BCUT2D eigenvalue weighted by Gasteiger charge is 2.58. The van der Waals surface area contributed by atoms with E-state index in [1.54, 1.807) is 19.5 Å². The highest BCUT2D eigenvalue weighted by atomic mass is 19.1. The molecule has 3 aromatic rings. The van der Waals surface area contributed by atoms with Gasteiger partial charge in [0.25, 0.3) is 5.72 Å². The molecule has 9 heteroatoms. The molecule has 7 rings (SSSR count). The number of halogens is 1. The van der Waals surface area contributed by atoms with Crippen LogP contribution in [0.5, 0.6) is 5.75 Å². The van der Waals surface area contributed by atoms with Crippen molar-refractivity contribution in [3.63, 3.8) is 0 Å². The average molecular weight is 488 g/mol. The smallest absolute Gasteiger partial charge is 0.256 e. The van der Waals surface area contributed by atoms with Crippen LogP contribution in [0.1, 0.15) is 23.2 Å². The number of aromatic nitrogens is 2. The number of rotatable bonds is 3. The van der Waals surface area contributed by atoms with E-state index in [1.807, 2.05) is 29.8 Å². The quantitative estimate of drug-likeness (QED) is 0.601. The van der Waals surface area contributed by atoms with E-state index in [4.69, 9.17) is 14.3 Å². The number of imidazole rings is 1. The normalized spacial score (nSPS) is 24.2. The first-order valence-corrected chi connectivity index (χ1v) is 12.0. The Hall–Kier alpha value is -3.85. The molecular weight excluding hydrogens is 461 g/mol.